The van der Waals surface area contributed by atoms with Gasteiger partial charge in [-0.3, -0.25) is 4.79 Å². The number of hydrogen-bond acceptors (Lipinski definition) is 3. The first-order chi connectivity index (χ1) is 9.59. The molecule has 4 nitrogen and oxygen atoms in total. The van der Waals surface area contributed by atoms with Crippen molar-refractivity contribution in [2.75, 3.05) is 20.1 Å². The number of phenols is 1. The quantitative estimate of drug-likeness (QED) is 0.886. The van der Waals surface area contributed by atoms with E-state index in [9.17, 15) is 9.90 Å². The number of rotatable bonds is 4. The van der Waals surface area contributed by atoms with Crippen LogP contribution in [-0.4, -0.2) is 36.1 Å². The molecule has 1 saturated heterocycles. The second-order valence-electron chi connectivity index (χ2n) is 5.67. The number of amides is 1. The predicted molar refractivity (Wildman–Crippen MR) is 79.4 cm³/mol. The fraction of sp³-hybridized carbons (Fsp3) is 0.562. The van der Waals surface area contributed by atoms with Crippen LogP contribution in [0.15, 0.2) is 24.3 Å². The Morgan fingerprint density at radius 3 is 2.60 bits per heavy atom. The van der Waals surface area contributed by atoms with E-state index in [-0.39, 0.29) is 17.1 Å². The molecule has 0 aliphatic carbocycles. The van der Waals surface area contributed by atoms with Crippen molar-refractivity contribution in [2.45, 2.75) is 32.7 Å². The molecule has 0 saturated carbocycles. The van der Waals surface area contributed by atoms with E-state index in [2.05, 4.69) is 12.2 Å². The summed E-state index contributed by atoms with van der Waals surface area (Å²) in [5, 5.41) is 13.1. The van der Waals surface area contributed by atoms with E-state index in [1.165, 1.54) is 0 Å². The van der Waals surface area contributed by atoms with Crippen LogP contribution in [0.4, 0.5) is 0 Å². The van der Waals surface area contributed by atoms with Gasteiger partial charge in [-0.15, -0.1) is 0 Å². The predicted octanol–water partition coefficient (Wildman–Crippen LogP) is 2.13. The summed E-state index contributed by atoms with van der Waals surface area (Å²) in [6, 6.07) is 7.20. The summed E-state index contributed by atoms with van der Waals surface area (Å²) >= 11 is 0. The number of nitrogens with one attached hydrogen (secondary N) is 1. The van der Waals surface area contributed by atoms with Gasteiger partial charge in [-0.1, -0.05) is 25.1 Å². The summed E-state index contributed by atoms with van der Waals surface area (Å²) in [5.74, 6) is 0.452. The summed E-state index contributed by atoms with van der Waals surface area (Å²) in [5.41, 5.74) is 0.563. The number of hydrogen-bond donors (Lipinski definition) is 2. The van der Waals surface area contributed by atoms with Crippen LogP contribution in [0.3, 0.4) is 0 Å². The highest BCUT2D eigenvalue weighted by molar-refractivity contribution is 5.82. The fourth-order valence-electron chi connectivity index (χ4n) is 3.00. The minimum Gasteiger partial charge on any atom is -0.508 e. The fourth-order valence-corrected chi connectivity index (χ4v) is 3.00. The van der Waals surface area contributed by atoms with Crippen molar-refractivity contribution < 1.29 is 9.90 Å². The molecule has 1 heterocycles. The Balaban J connectivity index is 2.10. The molecule has 20 heavy (non-hydrogen) atoms. The third-order valence-electron chi connectivity index (χ3n) is 4.44. The van der Waals surface area contributed by atoms with E-state index in [1.54, 1.807) is 17.0 Å². The highest BCUT2D eigenvalue weighted by atomic mass is 16.3. The van der Waals surface area contributed by atoms with Gasteiger partial charge < -0.3 is 15.3 Å². The van der Waals surface area contributed by atoms with Gasteiger partial charge in [-0.25, -0.2) is 0 Å². The molecule has 1 amide bonds. The van der Waals surface area contributed by atoms with Gasteiger partial charge in [0.05, 0.1) is 5.41 Å². The van der Waals surface area contributed by atoms with Gasteiger partial charge in [0.25, 0.3) is 0 Å². The monoisotopic (exact) mass is 276 g/mol. The summed E-state index contributed by atoms with van der Waals surface area (Å²) < 4.78 is 0. The van der Waals surface area contributed by atoms with Gasteiger partial charge in [0.1, 0.15) is 5.75 Å². The van der Waals surface area contributed by atoms with Crippen molar-refractivity contribution in [2.24, 2.45) is 5.41 Å². The normalized spacial score (nSPS) is 17.7. The van der Waals surface area contributed by atoms with Crippen molar-refractivity contribution in [1.29, 1.82) is 0 Å². The van der Waals surface area contributed by atoms with Crippen LogP contribution in [0.2, 0.25) is 0 Å². The highest BCUT2D eigenvalue weighted by Gasteiger charge is 2.39. The van der Waals surface area contributed by atoms with Gasteiger partial charge in [0.2, 0.25) is 5.91 Å². The average Bonchev–Trinajstić information content (AvgIpc) is 2.49. The molecule has 0 radical (unpaired) electrons. The summed E-state index contributed by atoms with van der Waals surface area (Å²) in [4.78, 5) is 14.5. The Bertz CT molecular complexity index is 467. The molecule has 1 aliphatic heterocycles. The van der Waals surface area contributed by atoms with Gasteiger partial charge in [0, 0.05) is 19.2 Å². The number of benzene rings is 1. The number of aromatic hydroxyl groups is 1. The SMILES string of the molecule is CCC1(C(=O)N(C)Cc2ccccc2O)CCNCC1. The second-order valence-corrected chi connectivity index (χ2v) is 5.67. The number of carbonyl (C=O) groups excluding carboxylic acids is 1. The van der Waals surface area contributed by atoms with Crippen LogP contribution in [0, 0.1) is 5.41 Å². The molecule has 1 aromatic carbocycles. The van der Waals surface area contributed by atoms with Crippen LogP contribution in [-0.2, 0) is 11.3 Å². The molecular formula is C16H24N2O2. The minimum absolute atomic E-state index is 0.199. The molecule has 1 fully saturated rings. The van der Waals surface area contributed by atoms with Crippen LogP contribution in [0.25, 0.3) is 0 Å². The smallest absolute Gasteiger partial charge is 0.228 e. The summed E-state index contributed by atoms with van der Waals surface area (Å²) in [6.07, 6.45) is 2.67. The molecule has 2 N–H and O–H groups in total. The van der Waals surface area contributed by atoms with Gasteiger partial charge in [-0.2, -0.15) is 0 Å². The van der Waals surface area contributed by atoms with E-state index < -0.39 is 0 Å². The first-order valence-electron chi connectivity index (χ1n) is 7.32. The maximum atomic E-state index is 12.8. The zero-order valence-corrected chi connectivity index (χ0v) is 12.4. The largest absolute Gasteiger partial charge is 0.508 e. The molecule has 0 atom stereocenters. The lowest BCUT2D eigenvalue weighted by molar-refractivity contribution is -0.143. The Hall–Kier alpha value is -1.55. The third-order valence-corrected chi connectivity index (χ3v) is 4.44. The number of nitrogens with zero attached hydrogens (tertiary/aromatic N) is 1. The van der Waals surface area contributed by atoms with E-state index in [1.807, 2.05) is 19.2 Å². The van der Waals surface area contributed by atoms with Gasteiger partial charge >= 0.3 is 0 Å². The molecule has 110 valence electrons. The zero-order valence-electron chi connectivity index (χ0n) is 12.4. The molecule has 0 aromatic heterocycles. The average molecular weight is 276 g/mol. The maximum Gasteiger partial charge on any atom is 0.228 e. The number of carbonyl (C=O) groups is 1. The number of piperidine rings is 1. The summed E-state index contributed by atoms with van der Waals surface area (Å²) in [7, 11) is 1.83. The lowest BCUT2D eigenvalue weighted by Crippen LogP contribution is -2.47. The van der Waals surface area contributed by atoms with Crippen LogP contribution >= 0.6 is 0 Å². The highest BCUT2D eigenvalue weighted by Crippen LogP contribution is 2.35. The van der Waals surface area contributed by atoms with Gasteiger partial charge in [-0.05, 0) is 38.4 Å². The van der Waals surface area contributed by atoms with E-state index in [0.29, 0.717) is 6.54 Å². The first-order valence-corrected chi connectivity index (χ1v) is 7.32. The Kier molecular flexibility index (Phi) is 4.65. The molecule has 1 aromatic rings. The van der Waals surface area contributed by atoms with E-state index in [4.69, 9.17) is 0 Å². The Morgan fingerprint density at radius 1 is 1.35 bits per heavy atom. The minimum atomic E-state index is -0.232. The van der Waals surface area contributed by atoms with E-state index in [0.717, 1.165) is 37.9 Å². The van der Waals surface area contributed by atoms with E-state index >= 15 is 0 Å². The van der Waals surface area contributed by atoms with Crippen molar-refractivity contribution >= 4 is 5.91 Å². The zero-order chi connectivity index (χ0) is 14.6. The van der Waals surface area contributed by atoms with Gasteiger partial charge in [0.15, 0.2) is 0 Å². The Labute approximate surface area is 120 Å². The van der Waals surface area contributed by atoms with Crippen LogP contribution < -0.4 is 5.32 Å². The van der Waals surface area contributed by atoms with Crippen LogP contribution in [0.1, 0.15) is 31.7 Å². The molecule has 0 spiro atoms. The number of para-hydroxylation sites is 1. The molecule has 0 bridgehead atoms. The van der Waals surface area contributed by atoms with Crippen LogP contribution in [0.5, 0.6) is 5.75 Å². The lowest BCUT2D eigenvalue weighted by atomic mass is 9.75. The second kappa shape index (κ2) is 6.27. The third kappa shape index (κ3) is 2.96. The molecule has 1 aliphatic rings. The molecular weight excluding hydrogens is 252 g/mol. The van der Waals surface area contributed by atoms with Crippen molar-refractivity contribution in [3.8, 4) is 5.75 Å². The topological polar surface area (TPSA) is 52.6 Å². The molecule has 0 unspecified atom stereocenters. The standard InChI is InChI=1S/C16H24N2O2/c1-3-16(8-10-17-11-9-16)15(20)18(2)12-13-6-4-5-7-14(13)19/h4-7,17,19H,3,8-12H2,1-2H3. The molecule has 4 heteroatoms. The lowest BCUT2D eigenvalue weighted by Gasteiger charge is -2.38. The van der Waals surface area contributed by atoms with Crippen molar-refractivity contribution in [1.82, 2.24) is 10.2 Å². The maximum absolute atomic E-state index is 12.8. The Morgan fingerprint density at radius 2 is 2.00 bits per heavy atom. The first kappa shape index (κ1) is 14.9. The molecule has 2 rings (SSSR count). The number of phenolic OH excluding ortho intramolecular Hbond substituents is 1. The van der Waals surface area contributed by atoms with Crippen molar-refractivity contribution in [3.63, 3.8) is 0 Å². The van der Waals surface area contributed by atoms with Crippen molar-refractivity contribution in [3.05, 3.63) is 29.8 Å². The summed E-state index contributed by atoms with van der Waals surface area (Å²) in [6.45, 7) is 4.37.